The predicted octanol–water partition coefficient (Wildman–Crippen LogP) is 10.8. The van der Waals surface area contributed by atoms with E-state index < -0.39 is 0 Å². The van der Waals surface area contributed by atoms with Crippen LogP contribution in [0.2, 0.25) is 0 Å². The average Bonchev–Trinajstić information content (AvgIpc) is 3.82. The van der Waals surface area contributed by atoms with Crippen LogP contribution < -0.4 is 11.1 Å². The van der Waals surface area contributed by atoms with Crippen molar-refractivity contribution in [3.05, 3.63) is 144 Å². The van der Waals surface area contributed by atoms with Gasteiger partial charge in [-0.2, -0.15) is 0 Å². The molecule has 356 valence electrons. The summed E-state index contributed by atoms with van der Waals surface area (Å²) in [5, 5.41) is 4.42. The third-order valence-electron chi connectivity index (χ3n) is 12.3. The topological polar surface area (TPSA) is 127 Å². The van der Waals surface area contributed by atoms with Crippen LogP contribution in [-0.4, -0.2) is 77.9 Å². The smallest absolute Gasteiger partial charge is 0.222 e. The first kappa shape index (κ1) is 53.1. The van der Waals surface area contributed by atoms with Crippen molar-refractivity contribution >= 4 is 41.1 Å². The Bertz CT molecular complexity index is 2290. The predicted molar refractivity (Wildman–Crippen MR) is 274 cm³/mol. The van der Waals surface area contributed by atoms with Gasteiger partial charge in [0.25, 0.3) is 0 Å². The van der Waals surface area contributed by atoms with Crippen molar-refractivity contribution in [2.45, 2.75) is 111 Å². The number of carbonyl (C=O) groups is 2. The lowest BCUT2D eigenvalue weighted by atomic mass is 9.85. The molecule has 4 aromatic rings. The molecule has 0 radical (unpaired) electrons. The SMILES string of the molecule is C=C(NC(C1=Cc2cccnc2C(=C2CCN(C(=O)CC3CCN(C=O)CC3)CC2)c2ccc(C)cc21)c1cncn1C)C1(CC)CC1.C=CC(=C)Cl.CC.CC(C)(C)N.Cn1ccnc1. The number of nitrogens with zero attached hydrogens (tertiary/aromatic N) is 7. The fourth-order valence-corrected chi connectivity index (χ4v) is 8.37. The number of hydrogen-bond acceptors (Lipinski definition) is 7. The van der Waals surface area contributed by atoms with Gasteiger partial charge in [0, 0.05) is 98.1 Å². The fourth-order valence-electron chi connectivity index (χ4n) is 8.37. The number of nitrogens with two attached hydrogens (primary N) is 1. The number of amides is 2. The highest BCUT2D eigenvalue weighted by Crippen LogP contribution is 2.54. The van der Waals surface area contributed by atoms with E-state index in [4.69, 9.17) is 22.3 Å². The van der Waals surface area contributed by atoms with Gasteiger partial charge in [0.2, 0.25) is 12.3 Å². The average molecular weight is 919 g/mol. The zero-order valence-corrected chi connectivity index (χ0v) is 42.0. The number of piperidine rings is 2. The number of halogens is 1. The van der Waals surface area contributed by atoms with Crippen LogP contribution in [0, 0.1) is 18.3 Å². The Labute approximate surface area is 400 Å². The first-order chi connectivity index (χ1) is 31.5. The number of imidazole rings is 2. The summed E-state index contributed by atoms with van der Waals surface area (Å²) >= 11 is 5.15. The molecule has 66 heavy (non-hydrogen) atoms. The molecule has 2 aliphatic carbocycles. The molecule has 2 amide bonds. The zero-order chi connectivity index (χ0) is 48.6. The third-order valence-corrected chi connectivity index (χ3v) is 12.4. The molecule has 8 rings (SSSR count). The summed E-state index contributed by atoms with van der Waals surface area (Å²) in [6, 6.07) is 10.9. The van der Waals surface area contributed by atoms with Gasteiger partial charge in [-0.25, -0.2) is 9.97 Å². The summed E-state index contributed by atoms with van der Waals surface area (Å²) in [5.41, 5.74) is 17.1. The lowest BCUT2D eigenvalue weighted by Crippen LogP contribution is -2.39. The maximum atomic E-state index is 13.4. The molecule has 3 aromatic heterocycles. The van der Waals surface area contributed by atoms with E-state index in [0.29, 0.717) is 30.5 Å². The molecule has 0 bridgehead atoms. The maximum absolute atomic E-state index is 13.4. The van der Waals surface area contributed by atoms with Gasteiger partial charge in [-0.3, -0.25) is 14.6 Å². The monoisotopic (exact) mass is 918 g/mol. The Morgan fingerprint density at radius 1 is 1.02 bits per heavy atom. The molecule has 1 atom stereocenters. The highest BCUT2D eigenvalue weighted by molar-refractivity contribution is 6.30. The Morgan fingerprint density at radius 3 is 2.17 bits per heavy atom. The van der Waals surface area contributed by atoms with E-state index in [1.165, 1.54) is 52.3 Å². The maximum Gasteiger partial charge on any atom is 0.222 e. The van der Waals surface area contributed by atoms with Crippen molar-refractivity contribution < 1.29 is 9.59 Å². The molecular formula is C54H76ClN9O2. The van der Waals surface area contributed by atoms with E-state index >= 15 is 0 Å². The summed E-state index contributed by atoms with van der Waals surface area (Å²) in [6.07, 6.45) is 23.3. The fraction of sp³-hybridized carbons (Fsp3) is 0.463. The second-order valence-corrected chi connectivity index (χ2v) is 19.1. The molecule has 3 N–H and O–H groups in total. The number of nitrogens with one attached hydrogen (secondary N) is 1. The first-order valence-electron chi connectivity index (χ1n) is 23.5. The van der Waals surface area contributed by atoms with Gasteiger partial charge >= 0.3 is 0 Å². The van der Waals surface area contributed by atoms with Crippen molar-refractivity contribution in [3.8, 4) is 0 Å². The van der Waals surface area contributed by atoms with Gasteiger partial charge in [0.15, 0.2) is 0 Å². The van der Waals surface area contributed by atoms with Crippen LogP contribution in [0.5, 0.6) is 0 Å². The normalized spacial score (nSPS) is 16.5. The number of allylic oxidation sites excluding steroid dienone is 3. The molecule has 1 saturated carbocycles. The van der Waals surface area contributed by atoms with Crippen LogP contribution in [0.25, 0.3) is 17.2 Å². The number of hydrogen-bond donors (Lipinski definition) is 2. The minimum Gasteiger partial charge on any atom is -0.376 e. The molecule has 2 saturated heterocycles. The Balaban J connectivity index is 0.000000448. The van der Waals surface area contributed by atoms with Crippen LogP contribution in [0.4, 0.5) is 0 Å². The number of pyridine rings is 1. The molecular weight excluding hydrogens is 842 g/mol. The number of aromatic nitrogens is 5. The van der Waals surface area contributed by atoms with E-state index in [1.807, 2.05) is 82.1 Å². The van der Waals surface area contributed by atoms with E-state index in [-0.39, 0.29) is 22.9 Å². The van der Waals surface area contributed by atoms with E-state index in [0.717, 1.165) is 74.3 Å². The van der Waals surface area contributed by atoms with Gasteiger partial charge in [-0.1, -0.05) is 93.6 Å². The van der Waals surface area contributed by atoms with Gasteiger partial charge in [-0.05, 0) is 107 Å². The molecule has 5 heterocycles. The highest BCUT2D eigenvalue weighted by Gasteiger charge is 2.44. The summed E-state index contributed by atoms with van der Waals surface area (Å²) in [7, 11) is 4.00. The standard InChI is InChI=1S/C40H48N6O2.C4H5Cl.C4H6N2.C4H11N.C2H6/c1-5-40(14-15-40)28(3)43-39(35-24-41-25-44(35)4)34-23-31-7-6-16-42-38(31)37(32-9-8-27(2)21-33(32)34)30-12-19-46(20-13-30)36(48)22-29-10-17-45(26-47)18-11-29;1-3-4(2)5;1-6-3-2-5-4-6;1-4(2,3)5;1-2/h6-9,16,21,23-26,29,39,43H,3,5,10-15,17-20,22H2,1-2,4H3;3H,1-2H2;2-4H,1H3;5H2,1-3H3;1-2H3. The van der Waals surface area contributed by atoms with E-state index in [1.54, 1.807) is 12.5 Å². The van der Waals surface area contributed by atoms with Crippen LogP contribution in [-0.2, 0) is 23.7 Å². The Kier molecular flexibility index (Phi) is 20.0. The molecule has 12 heteroatoms. The summed E-state index contributed by atoms with van der Waals surface area (Å²) in [4.78, 5) is 41.8. The van der Waals surface area contributed by atoms with E-state index in [9.17, 15) is 9.59 Å². The molecule has 3 fully saturated rings. The van der Waals surface area contributed by atoms with Gasteiger partial charge in [-0.15, -0.1) is 0 Å². The van der Waals surface area contributed by atoms with Crippen molar-refractivity contribution in [1.82, 2.24) is 39.2 Å². The summed E-state index contributed by atoms with van der Waals surface area (Å²) in [6.45, 7) is 28.5. The number of likely N-dealkylation sites (tertiary alicyclic amines) is 2. The lowest BCUT2D eigenvalue weighted by molar-refractivity contribution is -0.133. The number of fused-ring (bicyclic) bond motifs is 2. The number of rotatable bonds is 10. The third kappa shape index (κ3) is 15.0. The summed E-state index contributed by atoms with van der Waals surface area (Å²) in [5.74, 6) is 0.601. The van der Waals surface area contributed by atoms with Gasteiger partial charge < -0.3 is 30.0 Å². The largest absolute Gasteiger partial charge is 0.376 e. The zero-order valence-electron chi connectivity index (χ0n) is 41.2. The van der Waals surface area contributed by atoms with Crippen LogP contribution >= 0.6 is 11.6 Å². The first-order valence-corrected chi connectivity index (χ1v) is 23.9. The minimum absolute atomic E-state index is 0. The van der Waals surface area contributed by atoms with Crippen LogP contribution in [0.15, 0.2) is 110 Å². The van der Waals surface area contributed by atoms with Crippen molar-refractivity contribution in [3.63, 3.8) is 0 Å². The summed E-state index contributed by atoms with van der Waals surface area (Å²) < 4.78 is 4.00. The quantitative estimate of drug-likeness (QED) is 0.120. The second kappa shape index (κ2) is 24.8. The van der Waals surface area contributed by atoms with Gasteiger partial charge in [0.05, 0.1) is 36.3 Å². The van der Waals surface area contributed by atoms with Crippen molar-refractivity contribution in [1.29, 1.82) is 0 Å². The van der Waals surface area contributed by atoms with Crippen LogP contribution in [0.3, 0.4) is 0 Å². The molecule has 1 aromatic carbocycles. The highest BCUT2D eigenvalue weighted by atomic mass is 35.5. The second-order valence-electron chi connectivity index (χ2n) is 18.6. The Morgan fingerprint density at radius 2 is 1.67 bits per heavy atom. The molecule has 1 unspecified atom stereocenters. The van der Waals surface area contributed by atoms with Crippen LogP contribution in [0.1, 0.15) is 133 Å². The molecule has 4 aliphatic rings. The Hall–Kier alpha value is -5.52. The molecule has 0 spiro atoms. The minimum atomic E-state index is -0.148. The molecule has 11 nitrogen and oxygen atoms in total. The number of carbonyl (C=O) groups excluding carboxylic acids is 2. The van der Waals surface area contributed by atoms with Gasteiger partial charge in [0.1, 0.15) is 0 Å². The number of aryl methyl sites for hydroxylation is 3. The van der Waals surface area contributed by atoms with Crippen molar-refractivity contribution in [2.24, 2.45) is 31.2 Å². The van der Waals surface area contributed by atoms with Crippen molar-refractivity contribution in [2.75, 3.05) is 26.2 Å². The lowest BCUT2D eigenvalue weighted by Gasteiger charge is -2.33. The molecule has 2 aliphatic heterocycles. The number of benzene rings is 1. The van der Waals surface area contributed by atoms with E-state index in [2.05, 4.69) is 95.7 Å².